The number of anilines is 2. The first kappa shape index (κ1) is 21.2. The molecule has 0 aromatic heterocycles. The number of carbonyl (C=O) groups excluding carboxylic acids is 1. The summed E-state index contributed by atoms with van der Waals surface area (Å²) in [6.45, 7) is 6.26. The summed E-state index contributed by atoms with van der Waals surface area (Å²) in [5, 5.41) is 11.0. The minimum atomic E-state index is -1.23. The number of carboxylic acid groups (broad SMARTS) is 1. The molecule has 0 fully saturated rings. The van der Waals surface area contributed by atoms with Crippen LogP contribution in [-0.2, 0) is 5.41 Å². The topological polar surface area (TPSA) is 105 Å². The van der Waals surface area contributed by atoms with Crippen LogP contribution in [-0.4, -0.2) is 29.3 Å². The van der Waals surface area contributed by atoms with Gasteiger partial charge in [-0.3, -0.25) is 15.0 Å². The zero-order valence-corrected chi connectivity index (χ0v) is 17.0. The fraction of sp³-hybridized carbons (Fsp3) is 0.250. The zero-order valence-electron chi connectivity index (χ0n) is 16.1. The molecular weight excluding hydrogens is 378 g/mol. The molecule has 2 aromatic rings. The molecule has 0 atom stereocenters. The first-order valence-electron chi connectivity index (χ1n) is 8.47. The molecule has 148 valence electrons. The van der Waals surface area contributed by atoms with E-state index < -0.39 is 12.0 Å². The number of methoxy groups -OCH3 is 1. The number of benzene rings is 2. The average Bonchev–Trinajstić information content (AvgIpc) is 2.61. The van der Waals surface area contributed by atoms with Crippen molar-refractivity contribution in [2.24, 2.45) is 5.73 Å². The van der Waals surface area contributed by atoms with Crippen molar-refractivity contribution in [1.29, 1.82) is 0 Å². The molecule has 0 saturated heterocycles. The molecule has 8 heteroatoms. The van der Waals surface area contributed by atoms with Gasteiger partial charge in [0, 0.05) is 11.6 Å². The summed E-state index contributed by atoms with van der Waals surface area (Å²) < 4.78 is 5.21. The molecule has 0 spiro atoms. The van der Waals surface area contributed by atoms with E-state index in [1.807, 2.05) is 12.1 Å². The highest BCUT2D eigenvalue weighted by atomic mass is 32.1. The molecule has 0 aliphatic rings. The first-order valence-corrected chi connectivity index (χ1v) is 8.88. The second-order valence-corrected chi connectivity index (χ2v) is 7.54. The fourth-order valence-electron chi connectivity index (χ4n) is 2.62. The number of nitrogens with one attached hydrogen (secondary N) is 1. The van der Waals surface area contributed by atoms with Crippen LogP contribution in [0.4, 0.5) is 16.2 Å². The number of rotatable bonds is 4. The van der Waals surface area contributed by atoms with Crippen molar-refractivity contribution in [2.75, 3.05) is 17.3 Å². The number of thiocarbonyl (C=S) groups is 1. The third-order valence-electron chi connectivity index (χ3n) is 4.11. The predicted octanol–water partition coefficient (Wildman–Crippen LogP) is 3.97. The van der Waals surface area contributed by atoms with Gasteiger partial charge in [-0.1, -0.05) is 32.9 Å². The Morgan fingerprint density at radius 1 is 1.14 bits per heavy atom. The maximum atomic E-state index is 13.0. The predicted molar refractivity (Wildman–Crippen MR) is 113 cm³/mol. The number of ether oxygens (including phenoxy) is 1. The van der Waals surface area contributed by atoms with Crippen LogP contribution in [0.2, 0.25) is 0 Å². The highest BCUT2D eigenvalue weighted by Crippen LogP contribution is 2.31. The van der Waals surface area contributed by atoms with Crippen molar-refractivity contribution in [1.82, 2.24) is 0 Å². The highest BCUT2D eigenvalue weighted by molar-refractivity contribution is 7.80. The van der Waals surface area contributed by atoms with Crippen LogP contribution in [0.15, 0.2) is 42.5 Å². The molecule has 0 heterocycles. The van der Waals surface area contributed by atoms with Crippen molar-refractivity contribution in [3.05, 3.63) is 53.6 Å². The van der Waals surface area contributed by atoms with E-state index in [2.05, 4.69) is 26.1 Å². The monoisotopic (exact) mass is 401 g/mol. The molecular formula is C20H23N3O4S. The second-order valence-electron chi connectivity index (χ2n) is 7.12. The molecule has 0 aliphatic heterocycles. The Kier molecular flexibility index (Phi) is 6.25. The van der Waals surface area contributed by atoms with Gasteiger partial charge in [0.1, 0.15) is 5.75 Å². The van der Waals surface area contributed by atoms with Crippen molar-refractivity contribution in [3.63, 3.8) is 0 Å². The van der Waals surface area contributed by atoms with E-state index in [0.717, 1.165) is 5.56 Å². The summed E-state index contributed by atoms with van der Waals surface area (Å²) in [5.74, 6) is -0.161. The van der Waals surface area contributed by atoms with E-state index in [-0.39, 0.29) is 22.0 Å². The van der Waals surface area contributed by atoms with Crippen molar-refractivity contribution < 1.29 is 19.4 Å². The Morgan fingerprint density at radius 3 is 2.21 bits per heavy atom. The van der Waals surface area contributed by atoms with Gasteiger partial charge in [0.05, 0.1) is 18.5 Å². The van der Waals surface area contributed by atoms with Crippen molar-refractivity contribution in [3.8, 4) is 5.75 Å². The number of amides is 2. The lowest BCUT2D eigenvalue weighted by Crippen LogP contribution is -2.40. The lowest BCUT2D eigenvalue weighted by atomic mass is 9.86. The van der Waals surface area contributed by atoms with Gasteiger partial charge < -0.3 is 15.6 Å². The molecule has 0 radical (unpaired) electrons. The van der Waals surface area contributed by atoms with Gasteiger partial charge in [0.15, 0.2) is 5.11 Å². The third-order valence-corrected chi connectivity index (χ3v) is 4.29. The standard InChI is InChI=1S/C20H23N3O4S/c1-20(2,3)13-7-5-12(6-8-13)17(24)23(18(21)28)14-9-10-15(22-19(25)26)16(11-14)27-4/h5-11,22H,1-4H3,(H2,21,28)(H,25,26). The van der Waals surface area contributed by atoms with Crippen LogP contribution >= 0.6 is 12.2 Å². The Hall–Kier alpha value is -3.13. The van der Waals surface area contributed by atoms with Crippen LogP contribution in [0.1, 0.15) is 36.7 Å². The Balaban J connectivity index is 2.41. The number of carbonyl (C=O) groups is 2. The molecule has 0 bridgehead atoms. The van der Waals surface area contributed by atoms with Crippen LogP contribution in [0.3, 0.4) is 0 Å². The maximum absolute atomic E-state index is 13.0. The van der Waals surface area contributed by atoms with Crippen LogP contribution in [0.5, 0.6) is 5.75 Å². The van der Waals surface area contributed by atoms with Gasteiger partial charge in [-0.2, -0.15) is 0 Å². The van der Waals surface area contributed by atoms with E-state index in [1.165, 1.54) is 30.2 Å². The van der Waals surface area contributed by atoms with Gasteiger partial charge >= 0.3 is 6.09 Å². The molecule has 0 saturated carbocycles. The van der Waals surface area contributed by atoms with Crippen LogP contribution < -0.4 is 20.7 Å². The summed E-state index contributed by atoms with van der Waals surface area (Å²) in [7, 11) is 1.39. The van der Waals surface area contributed by atoms with Crippen LogP contribution in [0, 0.1) is 0 Å². The molecule has 0 aliphatic carbocycles. The maximum Gasteiger partial charge on any atom is 0.409 e. The number of hydrogen-bond donors (Lipinski definition) is 3. The molecule has 2 rings (SSSR count). The van der Waals surface area contributed by atoms with Crippen molar-refractivity contribution in [2.45, 2.75) is 26.2 Å². The smallest absolute Gasteiger partial charge is 0.409 e. The van der Waals surface area contributed by atoms with Crippen LogP contribution in [0.25, 0.3) is 0 Å². The quantitative estimate of drug-likeness (QED) is 0.670. The minimum absolute atomic E-state index is 0.0369. The van der Waals surface area contributed by atoms with E-state index in [9.17, 15) is 9.59 Å². The number of hydrogen-bond acceptors (Lipinski definition) is 4. The highest BCUT2D eigenvalue weighted by Gasteiger charge is 2.23. The molecule has 0 unspecified atom stereocenters. The van der Waals surface area contributed by atoms with Gasteiger partial charge in [0.25, 0.3) is 5.91 Å². The summed E-state index contributed by atoms with van der Waals surface area (Å²) in [6.07, 6.45) is -1.23. The molecule has 2 aromatic carbocycles. The lowest BCUT2D eigenvalue weighted by Gasteiger charge is -2.23. The third kappa shape index (κ3) is 4.77. The summed E-state index contributed by atoms with van der Waals surface area (Å²) >= 11 is 5.07. The zero-order chi connectivity index (χ0) is 21.1. The number of nitrogens with two attached hydrogens (primary N) is 1. The van der Waals surface area contributed by atoms with Gasteiger partial charge in [-0.05, 0) is 47.5 Å². The summed E-state index contributed by atoms with van der Waals surface area (Å²) in [6, 6.07) is 11.7. The van der Waals surface area contributed by atoms with Crippen molar-refractivity contribution >= 4 is 40.7 Å². The largest absolute Gasteiger partial charge is 0.494 e. The SMILES string of the molecule is COc1cc(N(C(=O)c2ccc(C(C)(C)C)cc2)C(N)=S)ccc1NC(=O)O. The minimum Gasteiger partial charge on any atom is -0.494 e. The van der Waals surface area contributed by atoms with Gasteiger partial charge in [-0.15, -0.1) is 0 Å². The first-order chi connectivity index (χ1) is 13.0. The van der Waals surface area contributed by atoms with E-state index in [4.69, 9.17) is 27.8 Å². The molecule has 4 N–H and O–H groups in total. The Morgan fingerprint density at radius 2 is 1.75 bits per heavy atom. The fourth-order valence-corrected chi connectivity index (χ4v) is 2.81. The Bertz CT molecular complexity index is 905. The number of nitrogens with zero attached hydrogens (tertiary/aromatic N) is 1. The summed E-state index contributed by atoms with van der Waals surface area (Å²) in [5.41, 5.74) is 7.89. The van der Waals surface area contributed by atoms with E-state index >= 15 is 0 Å². The average molecular weight is 401 g/mol. The summed E-state index contributed by atoms with van der Waals surface area (Å²) in [4.78, 5) is 25.1. The second kappa shape index (κ2) is 8.26. The Labute approximate surface area is 169 Å². The van der Waals surface area contributed by atoms with E-state index in [1.54, 1.807) is 12.1 Å². The molecule has 7 nitrogen and oxygen atoms in total. The van der Waals surface area contributed by atoms with E-state index in [0.29, 0.717) is 11.3 Å². The molecule has 2 amide bonds. The molecule has 28 heavy (non-hydrogen) atoms. The van der Waals surface area contributed by atoms with Gasteiger partial charge in [0.2, 0.25) is 0 Å². The lowest BCUT2D eigenvalue weighted by molar-refractivity contribution is 0.100. The van der Waals surface area contributed by atoms with Gasteiger partial charge in [-0.25, -0.2) is 4.79 Å². The normalized spacial score (nSPS) is 10.9.